The van der Waals surface area contributed by atoms with Crippen LogP contribution in [0.25, 0.3) is 0 Å². The van der Waals surface area contributed by atoms with Crippen molar-refractivity contribution in [3.63, 3.8) is 0 Å². The average molecular weight is 606 g/mol. The molecule has 0 unspecified atom stereocenters. The molecule has 6 nitrogen and oxygen atoms in total. The Bertz CT molecular complexity index is 25.8. The molecule has 6 N–H and O–H groups in total. The van der Waals surface area contributed by atoms with Gasteiger partial charge in [-0.3, -0.25) is 0 Å². The van der Waals surface area contributed by atoms with E-state index in [0.717, 1.165) is 0 Å². The van der Waals surface area contributed by atoms with E-state index in [1.807, 2.05) is 0 Å². The first kappa shape index (κ1) is 127. The molecule has 13 heteroatoms. The van der Waals surface area contributed by atoms with Gasteiger partial charge in [0.05, 0.1) is 0 Å². The van der Waals surface area contributed by atoms with Crippen molar-refractivity contribution >= 4 is 60.5 Å². The fraction of sp³-hybridized carbons (Fsp3) is 0. The third kappa shape index (κ3) is 215. The Kier molecular flexibility index (Phi) is 2410. The largest absolute Gasteiger partial charge is 2.00 e. The fourth-order valence-corrected chi connectivity index (χ4v) is 0. The summed E-state index contributed by atoms with van der Waals surface area (Å²) in [6.45, 7) is 0. The summed E-state index contributed by atoms with van der Waals surface area (Å²) in [5.74, 6) is 0. The van der Waals surface area contributed by atoms with Gasteiger partial charge in [-0.05, 0) is 0 Å². The maximum absolute atomic E-state index is 4.13. The predicted molar refractivity (Wildman–Crippen MR) is 38.3 cm³/mol. The van der Waals surface area contributed by atoms with E-state index in [1.54, 1.807) is 0 Å². The van der Waals surface area contributed by atoms with Gasteiger partial charge < -0.3 is 32.9 Å². The summed E-state index contributed by atoms with van der Waals surface area (Å²) in [5.41, 5.74) is 0. The second-order valence-electron chi connectivity index (χ2n) is 0. The maximum Gasteiger partial charge on any atom is 2.00 e. The second kappa shape index (κ2) is 247. The van der Waals surface area contributed by atoms with E-state index in [-0.39, 0.29) is 91.3 Å². The summed E-state index contributed by atoms with van der Waals surface area (Å²) >= 11 is 2.67. The molecule has 0 heterocycles. The van der Waals surface area contributed by atoms with Crippen molar-refractivity contribution in [2.24, 2.45) is 0 Å². The molecular weight excluding hydrogens is 600 g/mol. The third-order valence-corrected chi connectivity index (χ3v) is 0. The van der Waals surface area contributed by atoms with E-state index in [0.29, 0.717) is 0 Å². The molecule has 0 atom stereocenters. The van der Waals surface area contributed by atoms with Crippen molar-refractivity contribution in [1.29, 1.82) is 0 Å². The number of hydrogen-bond acceptors (Lipinski definition) is 8. The van der Waals surface area contributed by atoms with Crippen LogP contribution >= 0.6 is 18.4 Å². The topological polar surface area (TPSA) is 180 Å². The van der Waals surface area contributed by atoms with Crippen LogP contribution in [0.15, 0.2) is 0 Å². The predicted octanol–water partition coefficient (Wildman–Crippen LogP) is -0.533. The zero-order chi connectivity index (χ0) is 4.00. The quantitative estimate of drug-likeness (QED) is 0.330. The standard InChI is InChI=1S/6H2O.2S.2Sb.3Zn/h6*1H2;;;;;;;/q;;;;;;;;;;3*+2/p-6. The van der Waals surface area contributed by atoms with E-state index in [9.17, 15) is 0 Å². The Morgan fingerprint density at radius 3 is 0.385 bits per heavy atom. The molecule has 0 aliphatic carbocycles. The van der Waals surface area contributed by atoms with Gasteiger partial charge in [0, 0.05) is 0 Å². The molecule has 0 aromatic heterocycles. The zero-order valence-electron chi connectivity index (χ0n) is 6.52. The van der Waals surface area contributed by atoms with Crippen LogP contribution in [0.4, 0.5) is 0 Å². The maximum atomic E-state index is 4.13. The van der Waals surface area contributed by atoms with Gasteiger partial charge in [-0.15, -0.1) is 0 Å². The molecule has 0 bridgehead atoms. The monoisotopic (exact) mass is 600 g/mol. The fourth-order valence-electron chi connectivity index (χ4n) is 0. The first-order valence-corrected chi connectivity index (χ1v) is 7.35. The van der Waals surface area contributed by atoms with Crippen molar-refractivity contribution in [2.75, 3.05) is 0 Å². The van der Waals surface area contributed by atoms with Gasteiger partial charge in [-0.25, -0.2) is 0 Å². The van der Waals surface area contributed by atoms with Crippen LogP contribution in [0.1, 0.15) is 0 Å². The molecule has 0 aliphatic rings. The zero-order valence-corrected chi connectivity index (χ0v) is 22.2. The average Bonchev–Trinajstić information content (AvgIpc) is 1.50. The molecule has 0 rings (SSSR count). The Morgan fingerprint density at radius 2 is 0.385 bits per heavy atom. The summed E-state index contributed by atoms with van der Waals surface area (Å²) in [5, 5.41) is 0. The van der Waals surface area contributed by atoms with Gasteiger partial charge in [-0.2, -0.15) is 0 Å². The smallest absolute Gasteiger partial charge is 2.00 e. The van der Waals surface area contributed by atoms with E-state index in [1.165, 1.54) is 42.1 Å². The van der Waals surface area contributed by atoms with E-state index >= 15 is 0 Å². The molecule has 0 aliphatic heterocycles. The molecule has 0 saturated carbocycles. The minimum Gasteiger partial charge on any atom is 2.00 e. The molecule has 0 aromatic carbocycles. The molecule has 0 saturated heterocycles. The molecule has 0 fully saturated rings. The summed E-state index contributed by atoms with van der Waals surface area (Å²) in [6, 6.07) is 0. The minimum absolute atomic E-state index is 0. The van der Waals surface area contributed by atoms with E-state index in [4.69, 9.17) is 0 Å². The summed E-state index contributed by atoms with van der Waals surface area (Å²) in [4.78, 5) is 0. The molecule has 0 amide bonds. The van der Waals surface area contributed by atoms with Gasteiger partial charge in [0.1, 0.15) is 0 Å². The molecular formula is H6O6S2Sb2Zn3. The number of hydrogen-bond donors (Lipinski definition) is 0. The van der Waals surface area contributed by atoms with Crippen LogP contribution in [0, 0.1) is 0 Å². The van der Waals surface area contributed by atoms with Gasteiger partial charge in [0.25, 0.3) is 0 Å². The normalized spacial score (nSPS) is 0.615. The molecule has 0 spiro atoms. The molecule has 2 radical (unpaired) electrons. The van der Waals surface area contributed by atoms with Crippen LogP contribution in [0.2, 0.25) is 0 Å². The van der Waals surface area contributed by atoms with Gasteiger partial charge >= 0.3 is 119 Å². The van der Waals surface area contributed by atoms with Crippen molar-refractivity contribution < 1.29 is 91.3 Å². The molecule has 0 aromatic rings. The Hall–Kier alpha value is 3.71. The van der Waals surface area contributed by atoms with E-state index < -0.39 is 0 Å². The van der Waals surface area contributed by atoms with Crippen LogP contribution in [0.3, 0.4) is 0 Å². The Balaban J connectivity index is -0.000000000404. The van der Waals surface area contributed by atoms with Crippen LogP contribution in [0.5, 0.6) is 0 Å². The SMILES string of the molecule is [OH-].[OH-].[OH-].[OH-].[OH-].[OH-].[S]=[Sb].[S]=[Sb].[Zn+2].[Zn+2].[Zn+2]. The Morgan fingerprint density at radius 1 is 0.385 bits per heavy atom. The first-order valence-electron chi connectivity index (χ1n) is 0.365. The summed E-state index contributed by atoms with van der Waals surface area (Å²) in [6.07, 6.45) is 0. The van der Waals surface area contributed by atoms with Crippen molar-refractivity contribution in [2.45, 2.75) is 0 Å². The van der Waals surface area contributed by atoms with Crippen LogP contribution < -0.4 is 0 Å². The molecule has 13 heavy (non-hydrogen) atoms. The number of rotatable bonds is 0. The molecule has 70 valence electrons. The van der Waals surface area contributed by atoms with Crippen LogP contribution in [-0.2, 0) is 58.4 Å². The van der Waals surface area contributed by atoms with Crippen molar-refractivity contribution in [3.05, 3.63) is 0 Å². The van der Waals surface area contributed by atoms with Gasteiger partial charge in [0.15, 0.2) is 0 Å². The summed E-state index contributed by atoms with van der Waals surface area (Å²) < 4.78 is 0. The van der Waals surface area contributed by atoms with Crippen molar-refractivity contribution in [1.82, 2.24) is 0 Å². The Labute approximate surface area is 149 Å². The van der Waals surface area contributed by atoms with E-state index in [2.05, 4.69) is 18.4 Å². The second-order valence-corrected chi connectivity index (χ2v) is 0. The minimum atomic E-state index is 0. The third-order valence-electron chi connectivity index (χ3n) is 0. The van der Waals surface area contributed by atoms with Crippen molar-refractivity contribution in [3.8, 4) is 0 Å². The van der Waals surface area contributed by atoms with Crippen LogP contribution in [-0.4, -0.2) is 75.0 Å². The first-order chi connectivity index (χ1) is 2.00. The van der Waals surface area contributed by atoms with Gasteiger partial charge in [0.2, 0.25) is 0 Å². The van der Waals surface area contributed by atoms with Gasteiger partial charge in [-0.1, -0.05) is 0 Å². The summed E-state index contributed by atoms with van der Waals surface area (Å²) in [7, 11) is 8.27.